The molecule has 0 unspecified atom stereocenters. The molecule has 4 aromatic heterocycles. The molecule has 0 saturated carbocycles. The largest absolute Gasteiger partial charge is 0.302 e. The number of hydrogen-bond donors (Lipinski definition) is 1. The number of thiazole rings is 1. The molecule has 0 aliphatic heterocycles. The van der Waals surface area contributed by atoms with Crippen LogP contribution in [0.1, 0.15) is 28.8 Å². The van der Waals surface area contributed by atoms with Crippen molar-refractivity contribution in [3.8, 4) is 0 Å². The molecule has 0 bridgehead atoms. The second-order valence-electron chi connectivity index (χ2n) is 6.68. The average molecular weight is 458 g/mol. The number of anilines is 1. The van der Waals surface area contributed by atoms with Crippen molar-refractivity contribution in [2.24, 2.45) is 0 Å². The molecular formula is C20H19N5O2S3. The minimum Gasteiger partial charge on any atom is -0.302 e. The van der Waals surface area contributed by atoms with Crippen molar-refractivity contribution in [3.63, 3.8) is 0 Å². The molecule has 154 valence electrons. The molecule has 0 atom stereocenters. The van der Waals surface area contributed by atoms with E-state index in [1.54, 1.807) is 22.1 Å². The molecule has 4 rings (SSSR count). The third-order valence-corrected chi connectivity index (χ3v) is 7.40. The summed E-state index contributed by atoms with van der Waals surface area (Å²) in [6, 6.07) is 5.66. The number of carbonyl (C=O) groups is 1. The van der Waals surface area contributed by atoms with E-state index in [1.807, 2.05) is 37.4 Å². The predicted molar refractivity (Wildman–Crippen MR) is 123 cm³/mol. The highest BCUT2D eigenvalue weighted by molar-refractivity contribution is 7.98. The molecule has 7 nitrogen and oxygen atoms in total. The van der Waals surface area contributed by atoms with E-state index in [2.05, 4.69) is 15.3 Å². The van der Waals surface area contributed by atoms with Gasteiger partial charge in [0, 0.05) is 29.1 Å². The third kappa shape index (κ3) is 4.30. The van der Waals surface area contributed by atoms with Gasteiger partial charge >= 0.3 is 0 Å². The summed E-state index contributed by atoms with van der Waals surface area (Å²) in [5.74, 6) is 0.392. The standard InChI is InChI=1S/C20H19N5O2S3/c1-11-12(2)30-17-16(11)18(27)25(8-14-6-4-5-7-21-14)20(24-17)29-10-15-9-28-19(23-15)22-13(3)26/h4-7,9H,8,10H2,1-3H3,(H,22,23,26). The Labute approximate surface area is 185 Å². The van der Waals surface area contributed by atoms with Gasteiger partial charge in [-0.15, -0.1) is 22.7 Å². The highest BCUT2D eigenvalue weighted by atomic mass is 32.2. The summed E-state index contributed by atoms with van der Waals surface area (Å²) in [5.41, 5.74) is 2.56. The Bertz CT molecular complexity index is 1280. The fraction of sp³-hybridized carbons (Fsp3) is 0.250. The zero-order valence-electron chi connectivity index (χ0n) is 16.6. The van der Waals surface area contributed by atoms with Crippen LogP contribution in [-0.4, -0.2) is 25.4 Å². The second kappa shape index (κ2) is 8.66. The molecule has 0 aromatic carbocycles. The van der Waals surface area contributed by atoms with Gasteiger partial charge in [0.2, 0.25) is 5.91 Å². The number of thiophene rings is 1. The van der Waals surface area contributed by atoms with Gasteiger partial charge in [-0.1, -0.05) is 17.8 Å². The monoisotopic (exact) mass is 457 g/mol. The molecule has 1 amide bonds. The quantitative estimate of drug-likeness (QED) is 0.344. The van der Waals surface area contributed by atoms with Crippen molar-refractivity contribution in [2.75, 3.05) is 5.32 Å². The normalized spacial score (nSPS) is 11.2. The SMILES string of the molecule is CC(=O)Nc1nc(CSc2nc3sc(C)c(C)c3c(=O)n2Cc2ccccn2)cs1. The van der Waals surface area contributed by atoms with E-state index in [-0.39, 0.29) is 11.5 Å². The van der Waals surface area contributed by atoms with Gasteiger partial charge in [0.05, 0.1) is 23.3 Å². The number of aromatic nitrogens is 4. The Morgan fingerprint density at radius 1 is 1.23 bits per heavy atom. The van der Waals surface area contributed by atoms with Gasteiger partial charge in [0.1, 0.15) is 4.83 Å². The zero-order valence-corrected chi connectivity index (χ0v) is 19.1. The topological polar surface area (TPSA) is 89.8 Å². The second-order valence-corrected chi connectivity index (χ2v) is 9.69. The van der Waals surface area contributed by atoms with E-state index in [0.717, 1.165) is 26.7 Å². The first-order valence-electron chi connectivity index (χ1n) is 9.17. The molecule has 0 fully saturated rings. The molecule has 0 saturated heterocycles. The van der Waals surface area contributed by atoms with Crippen LogP contribution in [0.5, 0.6) is 0 Å². The van der Waals surface area contributed by atoms with Crippen molar-refractivity contribution in [1.82, 2.24) is 19.5 Å². The number of hydrogen-bond acceptors (Lipinski definition) is 8. The van der Waals surface area contributed by atoms with Gasteiger partial charge in [0.25, 0.3) is 5.56 Å². The van der Waals surface area contributed by atoms with Crippen molar-refractivity contribution in [2.45, 2.75) is 38.2 Å². The number of pyridine rings is 1. The number of fused-ring (bicyclic) bond motifs is 1. The highest BCUT2D eigenvalue weighted by Crippen LogP contribution is 2.30. The lowest BCUT2D eigenvalue weighted by atomic mass is 10.2. The molecule has 0 radical (unpaired) electrons. The van der Waals surface area contributed by atoms with Crippen molar-refractivity contribution < 1.29 is 4.79 Å². The number of nitrogens with one attached hydrogen (secondary N) is 1. The zero-order chi connectivity index (χ0) is 21.3. The van der Waals surface area contributed by atoms with Gasteiger partial charge in [-0.3, -0.25) is 19.1 Å². The lowest BCUT2D eigenvalue weighted by Crippen LogP contribution is -2.24. The Morgan fingerprint density at radius 3 is 2.80 bits per heavy atom. The molecule has 0 aliphatic rings. The number of nitrogens with zero attached hydrogens (tertiary/aromatic N) is 4. The van der Waals surface area contributed by atoms with Gasteiger partial charge in [-0.05, 0) is 31.5 Å². The van der Waals surface area contributed by atoms with Gasteiger partial charge in [0.15, 0.2) is 10.3 Å². The van der Waals surface area contributed by atoms with Crippen LogP contribution in [0.25, 0.3) is 10.2 Å². The minimum absolute atomic E-state index is 0.0489. The molecule has 10 heteroatoms. The van der Waals surface area contributed by atoms with E-state index in [0.29, 0.717) is 28.0 Å². The molecule has 0 aliphatic carbocycles. The summed E-state index contributed by atoms with van der Waals surface area (Å²) in [6.45, 7) is 5.79. The summed E-state index contributed by atoms with van der Waals surface area (Å²) in [7, 11) is 0. The number of rotatable bonds is 6. The lowest BCUT2D eigenvalue weighted by Gasteiger charge is -2.11. The van der Waals surface area contributed by atoms with E-state index in [9.17, 15) is 9.59 Å². The summed E-state index contributed by atoms with van der Waals surface area (Å²) >= 11 is 4.38. The Hall–Kier alpha value is -2.56. The average Bonchev–Trinajstić information content (AvgIpc) is 3.27. The van der Waals surface area contributed by atoms with Crippen LogP contribution in [0.4, 0.5) is 5.13 Å². The first-order chi connectivity index (χ1) is 14.4. The van der Waals surface area contributed by atoms with Crippen LogP contribution in [0.2, 0.25) is 0 Å². The van der Waals surface area contributed by atoms with E-state index < -0.39 is 0 Å². The Kier molecular flexibility index (Phi) is 5.98. The number of thioether (sulfide) groups is 1. The number of aryl methyl sites for hydroxylation is 2. The molecular weight excluding hydrogens is 438 g/mol. The third-order valence-electron chi connectivity index (χ3n) is 4.48. The maximum Gasteiger partial charge on any atom is 0.263 e. The van der Waals surface area contributed by atoms with Gasteiger partial charge in [-0.25, -0.2) is 9.97 Å². The Balaban J connectivity index is 1.70. The van der Waals surface area contributed by atoms with Crippen LogP contribution >= 0.6 is 34.4 Å². The first kappa shape index (κ1) is 20.7. The van der Waals surface area contributed by atoms with Crippen LogP contribution in [-0.2, 0) is 17.1 Å². The van der Waals surface area contributed by atoms with Crippen LogP contribution in [0.15, 0.2) is 39.7 Å². The first-order valence-corrected chi connectivity index (χ1v) is 11.9. The fourth-order valence-corrected chi connectivity index (χ4v) is 5.76. The lowest BCUT2D eigenvalue weighted by molar-refractivity contribution is -0.114. The maximum absolute atomic E-state index is 13.4. The molecule has 4 heterocycles. The van der Waals surface area contributed by atoms with Crippen molar-refractivity contribution >= 4 is 55.7 Å². The molecule has 1 N–H and O–H groups in total. The van der Waals surface area contributed by atoms with Crippen LogP contribution in [0.3, 0.4) is 0 Å². The van der Waals surface area contributed by atoms with Crippen molar-refractivity contribution in [3.05, 3.63) is 62.0 Å². The minimum atomic E-state index is -0.150. The summed E-state index contributed by atoms with van der Waals surface area (Å²) < 4.78 is 1.69. The van der Waals surface area contributed by atoms with Crippen molar-refractivity contribution in [1.29, 1.82) is 0 Å². The smallest absolute Gasteiger partial charge is 0.263 e. The Morgan fingerprint density at radius 2 is 2.07 bits per heavy atom. The van der Waals surface area contributed by atoms with E-state index in [4.69, 9.17) is 4.98 Å². The van der Waals surface area contributed by atoms with Gasteiger partial charge in [-0.2, -0.15) is 0 Å². The maximum atomic E-state index is 13.4. The van der Waals surface area contributed by atoms with Gasteiger partial charge < -0.3 is 5.32 Å². The number of amides is 1. The summed E-state index contributed by atoms with van der Waals surface area (Å²) in [5, 5.41) is 6.47. The highest BCUT2D eigenvalue weighted by Gasteiger charge is 2.18. The molecule has 0 spiro atoms. The fourth-order valence-electron chi connectivity index (χ4n) is 2.93. The van der Waals surface area contributed by atoms with Crippen LogP contribution < -0.4 is 10.9 Å². The van der Waals surface area contributed by atoms with E-state index >= 15 is 0 Å². The number of carbonyl (C=O) groups excluding carboxylic acids is 1. The predicted octanol–water partition coefficient (Wildman–Crippen LogP) is 4.23. The molecule has 30 heavy (non-hydrogen) atoms. The summed E-state index contributed by atoms with van der Waals surface area (Å²) in [6.07, 6.45) is 1.72. The summed E-state index contributed by atoms with van der Waals surface area (Å²) in [4.78, 5) is 40.0. The van der Waals surface area contributed by atoms with Crippen LogP contribution in [0, 0.1) is 13.8 Å². The van der Waals surface area contributed by atoms with E-state index in [1.165, 1.54) is 30.0 Å². The molecule has 4 aromatic rings.